The van der Waals surface area contributed by atoms with Crippen molar-refractivity contribution in [2.75, 3.05) is 0 Å². The lowest BCUT2D eigenvalue weighted by molar-refractivity contribution is 0.224. The summed E-state index contributed by atoms with van der Waals surface area (Å²) in [4.78, 5) is 14.7. The molecule has 2 aliphatic rings. The van der Waals surface area contributed by atoms with Crippen molar-refractivity contribution in [3.63, 3.8) is 0 Å². The number of aromatic nitrogens is 4. The molecule has 50 heavy (non-hydrogen) atoms. The van der Waals surface area contributed by atoms with Crippen LogP contribution in [0.5, 0.6) is 5.75 Å². The summed E-state index contributed by atoms with van der Waals surface area (Å²) in [6.07, 6.45) is 4.52. The number of fused-ring (bicyclic) bond motifs is 7. The van der Waals surface area contributed by atoms with Crippen LogP contribution in [-0.4, -0.2) is 19.5 Å². The highest BCUT2D eigenvalue weighted by molar-refractivity contribution is 5.92. The summed E-state index contributed by atoms with van der Waals surface area (Å²) in [7, 11) is 0. The van der Waals surface area contributed by atoms with Crippen molar-refractivity contribution in [1.29, 1.82) is 0 Å². The van der Waals surface area contributed by atoms with E-state index in [4.69, 9.17) is 19.7 Å². The van der Waals surface area contributed by atoms with Gasteiger partial charge in [-0.25, -0.2) is 15.0 Å². The quantitative estimate of drug-likeness (QED) is 0.187. The Morgan fingerprint density at radius 3 is 1.70 bits per heavy atom. The molecule has 2 unspecified atom stereocenters. The van der Waals surface area contributed by atoms with E-state index in [0.717, 1.165) is 39.3 Å². The van der Waals surface area contributed by atoms with Gasteiger partial charge in [-0.15, -0.1) is 0 Å². The van der Waals surface area contributed by atoms with Crippen LogP contribution >= 0.6 is 0 Å². The van der Waals surface area contributed by atoms with Gasteiger partial charge >= 0.3 is 0 Å². The molecule has 1 aliphatic heterocycles. The smallest absolute Gasteiger partial charge is 0.164 e. The summed E-state index contributed by atoms with van der Waals surface area (Å²) in [6.45, 7) is 0. The Morgan fingerprint density at radius 2 is 1.04 bits per heavy atom. The molecule has 2 atom stereocenters. The minimum atomic E-state index is -0.0843. The number of para-hydroxylation sites is 2. The number of rotatable bonds is 5. The molecule has 2 aromatic heterocycles. The van der Waals surface area contributed by atoms with Crippen LogP contribution in [0.2, 0.25) is 0 Å². The van der Waals surface area contributed by atoms with Crippen LogP contribution < -0.4 is 4.74 Å². The Morgan fingerprint density at radius 1 is 0.500 bits per heavy atom. The highest BCUT2D eigenvalue weighted by Gasteiger charge is 2.40. The van der Waals surface area contributed by atoms with Crippen LogP contribution in [0.15, 0.2) is 164 Å². The van der Waals surface area contributed by atoms with E-state index in [1.807, 2.05) is 60.7 Å². The largest absolute Gasteiger partial charge is 0.484 e. The van der Waals surface area contributed by atoms with Crippen LogP contribution in [0.3, 0.4) is 0 Å². The van der Waals surface area contributed by atoms with E-state index < -0.39 is 0 Å². The molecule has 236 valence electrons. The molecule has 0 radical (unpaired) electrons. The third-order valence-corrected chi connectivity index (χ3v) is 9.84. The standard InChI is InChI=1S/C45H30N4O/c1-4-12-30(13-5-1)43-46-44(31-14-6-2-7-15-31)48-45(47-43)32-22-20-29(21-23-32)33-24-27-40-37(28-33)35-25-26-39-41(42(35)50-40)36-18-10-11-19-38(36)49(39)34-16-8-3-9-17-34/h1-28,35,42H. The summed E-state index contributed by atoms with van der Waals surface area (Å²) in [5.41, 5.74) is 11.1. The Kier molecular flexibility index (Phi) is 6.56. The molecule has 0 spiro atoms. The molecule has 0 saturated carbocycles. The van der Waals surface area contributed by atoms with E-state index in [9.17, 15) is 0 Å². The molecule has 6 aromatic carbocycles. The maximum absolute atomic E-state index is 6.77. The second-order valence-electron chi connectivity index (χ2n) is 12.8. The van der Waals surface area contributed by atoms with Crippen LogP contribution in [0.4, 0.5) is 0 Å². The van der Waals surface area contributed by atoms with Gasteiger partial charge < -0.3 is 9.30 Å². The minimum Gasteiger partial charge on any atom is -0.484 e. The fraction of sp³-hybridized carbons (Fsp3) is 0.0444. The summed E-state index contributed by atoms with van der Waals surface area (Å²) in [5, 5.41) is 1.23. The minimum absolute atomic E-state index is 0.0843. The molecule has 1 aliphatic carbocycles. The second kappa shape index (κ2) is 11.5. The van der Waals surface area contributed by atoms with Crippen LogP contribution in [0, 0.1) is 0 Å². The normalized spacial score (nSPS) is 15.7. The van der Waals surface area contributed by atoms with Gasteiger partial charge in [0.2, 0.25) is 0 Å². The molecule has 0 bridgehead atoms. The van der Waals surface area contributed by atoms with Crippen molar-refractivity contribution in [3.8, 4) is 56.7 Å². The average molecular weight is 643 g/mol. The van der Waals surface area contributed by atoms with E-state index in [2.05, 4.69) is 114 Å². The van der Waals surface area contributed by atoms with Gasteiger partial charge in [-0.2, -0.15) is 0 Å². The fourth-order valence-corrected chi connectivity index (χ4v) is 7.46. The van der Waals surface area contributed by atoms with Crippen LogP contribution in [-0.2, 0) is 0 Å². The summed E-state index contributed by atoms with van der Waals surface area (Å²) >= 11 is 0. The van der Waals surface area contributed by atoms with E-state index in [0.29, 0.717) is 17.5 Å². The van der Waals surface area contributed by atoms with Gasteiger partial charge in [-0.3, -0.25) is 0 Å². The molecule has 8 aromatic rings. The van der Waals surface area contributed by atoms with Crippen molar-refractivity contribution < 1.29 is 4.74 Å². The van der Waals surface area contributed by atoms with Crippen molar-refractivity contribution in [1.82, 2.24) is 19.5 Å². The first-order valence-corrected chi connectivity index (χ1v) is 16.9. The number of benzene rings is 6. The summed E-state index contributed by atoms with van der Waals surface area (Å²) in [5.74, 6) is 3.03. The van der Waals surface area contributed by atoms with Gasteiger partial charge in [0.1, 0.15) is 11.9 Å². The zero-order chi connectivity index (χ0) is 33.0. The Balaban J connectivity index is 0.997. The second-order valence-corrected chi connectivity index (χ2v) is 12.8. The molecule has 0 fully saturated rings. The Labute approximate surface area is 289 Å². The topological polar surface area (TPSA) is 52.8 Å². The zero-order valence-corrected chi connectivity index (χ0v) is 27.0. The molecule has 0 saturated heterocycles. The van der Waals surface area contributed by atoms with Crippen molar-refractivity contribution >= 4 is 17.0 Å². The molecule has 10 rings (SSSR count). The Bertz CT molecular complexity index is 2500. The van der Waals surface area contributed by atoms with Gasteiger partial charge in [-0.05, 0) is 47.5 Å². The van der Waals surface area contributed by atoms with Gasteiger partial charge in [0.25, 0.3) is 0 Å². The first kappa shape index (κ1) is 28.4. The van der Waals surface area contributed by atoms with Gasteiger partial charge in [0, 0.05) is 44.8 Å². The third kappa shape index (κ3) is 4.66. The van der Waals surface area contributed by atoms with Gasteiger partial charge in [0.05, 0.1) is 11.2 Å². The van der Waals surface area contributed by atoms with Gasteiger partial charge in [-0.1, -0.05) is 133 Å². The van der Waals surface area contributed by atoms with Crippen molar-refractivity contribution in [3.05, 3.63) is 181 Å². The number of hydrogen-bond donors (Lipinski definition) is 0. The van der Waals surface area contributed by atoms with Crippen molar-refractivity contribution in [2.24, 2.45) is 0 Å². The Hall–Kier alpha value is -6.59. The number of ether oxygens (including phenoxy) is 1. The monoisotopic (exact) mass is 642 g/mol. The first-order valence-electron chi connectivity index (χ1n) is 16.9. The van der Waals surface area contributed by atoms with E-state index in [1.54, 1.807) is 0 Å². The molecule has 5 heteroatoms. The lowest BCUT2D eigenvalue weighted by Crippen LogP contribution is -2.13. The van der Waals surface area contributed by atoms with Crippen LogP contribution in [0.25, 0.3) is 68.0 Å². The highest BCUT2D eigenvalue weighted by Crippen LogP contribution is 2.53. The maximum atomic E-state index is 6.77. The molecular formula is C45H30N4O. The molecule has 3 heterocycles. The summed E-state index contributed by atoms with van der Waals surface area (Å²) < 4.78 is 9.13. The average Bonchev–Trinajstić information content (AvgIpc) is 3.74. The predicted molar refractivity (Wildman–Crippen MR) is 200 cm³/mol. The lowest BCUT2D eigenvalue weighted by Gasteiger charge is -2.22. The predicted octanol–water partition coefficient (Wildman–Crippen LogP) is 10.7. The lowest BCUT2D eigenvalue weighted by atomic mass is 9.85. The molecule has 5 nitrogen and oxygen atoms in total. The maximum Gasteiger partial charge on any atom is 0.164 e. The zero-order valence-electron chi connectivity index (χ0n) is 27.0. The SMILES string of the molecule is C1=CC2c3cc(-c4ccc(-c5nc(-c6ccccc6)nc(-c6ccccc6)n5)cc4)ccc3OC2c2c1n(-c1ccccc1)c1ccccc21. The van der Waals surface area contributed by atoms with E-state index in [-0.39, 0.29) is 12.0 Å². The van der Waals surface area contributed by atoms with Crippen molar-refractivity contribution in [2.45, 2.75) is 12.0 Å². The fourth-order valence-electron chi connectivity index (χ4n) is 7.46. The van der Waals surface area contributed by atoms with E-state index >= 15 is 0 Å². The number of nitrogens with zero attached hydrogens (tertiary/aromatic N) is 4. The molecule has 0 amide bonds. The third-order valence-electron chi connectivity index (χ3n) is 9.84. The van der Waals surface area contributed by atoms with Crippen LogP contribution in [0.1, 0.15) is 28.8 Å². The summed E-state index contributed by atoms with van der Waals surface area (Å²) in [6, 6.07) is 54.5. The highest BCUT2D eigenvalue weighted by atomic mass is 16.5. The first-order chi connectivity index (χ1) is 24.8. The molecule has 0 N–H and O–H groups in total. The van der Waals surface area contributed by atoms with E-state index in [1.165, 1.54) is 27.7 Å². The molecular weight excluding hydrogens is 613 g/mol. The van der Waals surface area contributed by atoms with Gasteiger partial charge in [0.15, 0.2) is 17.5 Å². The number of hydrogen-bond acceptors (Lipinski definition) is 4.